The molecule has 0 aliphatic heterocycles. The van der Waals surface area contributed by atoms with E-state index >= 15 is 0 Å². The standard InChI is InChI=1S/C23H32N2O3S/c1-7-21(25(29(6,27)28)20-11-9-8-10-12-20)22(26)24-17(2)18-13-15-19(16-14-18)23(3,4)5/h8-17,21H,7H2,1-6H3,(H,24,26)/t17-,21+/m0/s1. The predicted octanol–water partition coefficient (Wildman–Crippen LogP) is 4.41. The fourth-order valence-corrected chi connectivity index (χ4v) is 4.51. The molecular formula is C23H32N2O3S. The summed E-state index contributed by atoms with van der Waals surface area (Å²) in [5.41, 5.74) is 2.74. The van der Waals surface area contributed by atoms with Crippen molar-refractivity contribution in [1.29, 1.82) is 0 Å². The van der Waals surface area contributed by atoms with Gasteiger partial charge in [0.15, 0.2) is 0 Å². The number of para-hydroxylation sites is 1. The average Bonchev–Trinajstić information content (AvgIpc) is 2.64. The van der Waals surface area contributed by atoms with Crippen LogP contribution in [0.25, 0.3) is 0 Å². The minimum atomic E-state index is -3.62. The number of carbonyl (C=O) groups excluding carboxylic acids is 1. The first-order valence-electron chi connectivity index (χ1n) is 9.90. The van der Waals surface area contributed by atoms with Gasteiger partial charge in [-0.25, -0.2) is 8.42 Å². The van der Waals surface area contributed by atoms with E-state index in [1.807, 2.05) is 32.0 Å². The number of nitrogens with one attached hydrogen (secondary N) is 1. The highest BCUT2D eigenvalue weighted by Gasteiger charge is 2.32. The molecule has 0 radical (unpaired) electrons. The molecule has 0 spiro atoms. The normalized spacial score (nSPS) is 14.1. The van der Waals surface area contributed by atoms with Crippen molar-refractivity contribution < 1.29 is 13.2 Å². The van der Waals surface area contributed by atoms with E-state index in [2.05, 4.69) is 38.2 Å². The summed E-state index contributed by atoms with van der Waals surface area (Å²) in [6.45, 7) is 10.2. The van der Waals surface area contributed by atoms with Crippen LogP contribution in [0.15, 0.2) is 54.6 Å². The van der Waals surface area contributed by atoms with Gasteiger partial charge in [-0.2, -0.15) is 0 Å². The third kappa shape index (κ3) is 5.82. The van der Waals surface area contributed by atoms with Crippen molar-refractivity contribution in [2.75, 3.05) is 10.6 Å². The van der Waals surface area contributed by atoms with E-state index < -0.39 is 16.1 Å². The van der Waals surface area contributed by atoms with Crippen LogP contribution in [0, 0.1) is 0 Å². The van der Waals surface area contributed by atoms with Gasteiger partial charge >= 0.3 is 0 Å². The van der Waals surface area contributed by atoms with E-state index in [9.17, 15) is 13.2 Å². The Morgan fingerprint density at radius 3 is 2.03 bits per heavy atom. The molecule has 158 valence electrons. The second kappa shape index (κ2) is 8.99. The summed E-state index contributed by atoms with van der Waals surface area (Å²) in [4.78, 5) is 13.0. The molecule has 0 saturated heterocycles. The number of sulfonamides is 1. The number of hydrogen-bond donors (Lipinski definition) is 1. The lowest BCUT2D eigenvalue weighted by atomic mass is 9.86. The summed E-state index contributed by atoms with van der Waals surface area (Å²) >= 11 is 0. The summed E-state index contributed by atoms with van der Waals surface area (Å²) < 4.78 is 26.1. The first-order valence-corrected chi connectivity index (χ1v) is 11.7. The molecule has 0 heterocycles. The van der Waals surface area contributed by atoms with E-state index in [1.165, 1.54) is 9.87 Å². The number of amides is 1. The van der Waals surface area contributed by atoms with E-state index in [-0.39, 0.29) is 17.4 Å². The molecule has 0 fully saturated rings. The van der Waals surface area contributed by atoms with Crippen LogP contribution in [0.1, 0.15) is 58.2 Å². The van der Waals surface area contributed by atoms with Crippen LogP contribution in [-0.4, -0.2) is 26.6 Å². The van der Waals surface area contributed by atoms with Crippen molar-refractivity contribution in [1.82, 2.24) is 5.32 Å². The Morgan fingerprint density at radius 1 is 1.03 bits per heavy atom. The minimum absolute atomic E-state index is 0.0595. The van der Waals surface area contributed by atoms with Gasteiger partial charge in [-0.05, 0) is 42.0 Å². The van der Waals surface area contributed by atoms with Crippen LogP contribution in [-0.2, 0) is 20.2 Å². The topological polar surface area (TPSA) is 66.5 Å². The fourth-order valence-electron chi connectivity index (χ4n) is 3.30. The van der Waals surface area contributed by atoms with Crippen molar-refractivity contribution in [2.24, 2.45) is 0 Å². The van der Waals surface area contributed by atoms with E-state index in [4.69, 9.17) is 0 Å². The molecule has 0 aliphatic carbocycles. The Labute approximate surface area is 175 Å². The Kier molecular flexibility index (Phi) is 7.11. The molecule has 29 heavy (non-hydrogen) atoms. The zero-order valence-corrected chi connectivity index (χ0v) is 19.0. The third-order valence-corrected chi connectivity index (χ3v) is 6.16. The molecule has 2 aromatic carbocycles. The summed E-state index contributed by atoms with van der Waals surface area (Å²) in [5.74, 6) is -0.311. The van der Waals surface area contributed by atoms with Gasteiger partial charge in [0.05, 0.1) is 18.0 Å². The molecule has 0 aliphatic rings. The molecule has 2 atom stereocenters. The van der Waals surface area contributed by atoms with Gasteiger partial charge in [0, 0.05) is 0 Å². The molecule has 2 rings (SSSR count). The Hall–Kier alpha value is -2.34. The Balaban J connectivity index is 2.24. The first kappa shape index (κ1) is 22.9. The maximum atomic E-state index is 13.0. The highest BCUT2D eigenvalue weighted by atomic mass is 32.2. The van der Waals surface area contributed by atoms with Gasteiger partial charge in [-0.15, -0.1) is 0 Å². The molecule has 0 aromatic heterocycles. The van der Waals surface area contributed by atoms with Gasteiger partial charge in [0.2, 0.25) is 15.9 Å². The number of carbonyl (C=O) groups is 1. The molecular weight excluding hydrogens is 384 g/mol. The Bertz CT molecular complexity index is 917. The van der Waals surface area contributed by atoms with Crippen molar-refractivity contribution in [2.45, 2.75) is 58.5 Å². The summed E-state index contributed by atoms with van der Waals surface area (Å²) in [6.07, 6.45) is 1.49. The first-order chi connectivity index (χ1) is 13.4. The highest BCUT2D eigenvalue weighted by molar-refractivity contribution is 7.92. The fraction of sp³-hybridized carbons (Fsp3) is 0.435. The van der Waals surface area contributed by atoms with Crippen LogP contribution in [0.2, 0.25) is 0 Å². The second-order valence-corrected chi connectivity index (χ2v) is 10.3. The molecule has 1 N–H and O–H groups in total. The van der Waals surface area contributed by atoms with Gasteiger partial charge in [0.25, 0.3) is 0 Å². The van der Waals surface area contributed by atoms with Crippen LogP contribution in [0.3, 0.4) is 0 Å². The van der Waals surface area contributed by atoms with Crippen molar-refractivity contribution >= 4 is 21.6 Å². The second-order valence-electron chi connectivity index (χ2n) is 8.42. The minimum Gasteiger partial charge on any atom is -0.348 e. The van der Waals surface area contributed by atoms with Gasteiger partial charge in [0.1, 0.15) is 6.04 Å². The van der Waals surface area contributed by atoms with Crippen molar-refractivity contribution in [3.05, 3.63) is 65.7 Å². The van der Waals surface area contributed by atoms with Crippen LogP contribution >= 0.6 is 0 Å². The summed E-state index contributed by atoms with van der Waals surface area (Å²) in [7, 11) is -3.62. The summed E-state index contributed by atoms with van der Waals surface area (Å²) in [6, 6.07) is 15.9. The smallest absolute Gasteiger partial charge is 0.244 e. The van der Waals surface area contributed by atoms with Crippen molar-refractivity contribution in [3.8, 4) is 0 Å². The SMILES string of the molecule is CC[C@H](C(=O)N[C@@H](C)c1ccc(C(C)(C)C)cc1)N(c1ccccc1)S(C)(=O)=O. The zero-order valence-electron chi connectivity index (χ0n) is 18.1. The van der Waals surface area contributed by atoms with Gasteiger partial charge in [-0.1, -0.05) is 70.2 Å². The molecule has 2 aromatic rings. The van der Waals surface area contributed by atoms with Crippen LogP contribution in [0.5, 0.6) is 0 Å². The highest BCUT2D eigenvalue weighted by Crippen LogP contribution is 2.25. The maximum absolute atomic E-state index is 13.0. The molecule has 1 amide bonds. The molecule has 6 heteroatoms. The maximum Gasteiger partial charge on any atom is 0.244 e. The molecule has 0 saturated carbocycles. The van der Waals surface area contributed by atoms with E-state index in [1.54, 1.807) is 24.3 Å². The van der Waals surface area contributed by atoms with E-state index in [0.29, 0.717) is 12.1 Å². The van der Waals surface area contributed by atoms with Crippen LogP contribution < -0.4 is 9.62 Å². The molecule has 0 unspecified atom stereocenters. The zero-order chi connectivity index (χ0) is 21.8. The molecule has 0 bridgehead atoms. The number of anilines is 1. The average molecular weight is 417 g/mol. The monoisotopic (exact) mass is 416 g/mol. The number of nitrogens with zero attached hydrogens (tertiary/aromatic N) is 1. The van der Waals surface area contributed by atoms with E-state index in [0.717, 1.165) is 11.8 Å². The number of rotatable bonds is 7. The number of hydrogen-bond acceptors (Lipinski definition) is 3. The quantitative estimate of drug-likeness (QED) is 0.727. The van der Waals surface area contributed by atoms with Crippen LogP contribution in [0.4, 0.5) is 5.69 Å². The lowest BCUT2D eigenvalue weighted by Crippen LogP contribution is -2.49. The Morgan fingerprint density at radius 2 is 1.59 bits per heavy atom. The number of benzene rings is 2. The van der Waals surface area contributed by atoms with Gasteiger partial charge < -0.3 is 5.32 Å². The largest absolute Gasteiger partial charge is 0.348 e. The lowest BCUT2D eigenvalue weighted by molar-refractivity contribution is -0.122. The predicted molar refractivity (Wildman–Crippen MR) is 120 cm³/mol. The van der Waals surface area contributed by atoms with Gasteiger partial charge in [-0.3, -0.25) is 9.10 Å². The lowest BCUT2D eigenvalue weighted by Gasteiger charge is -2.31. The summed E-state index contributed by atoms with van der Waals surface area (Å²) in [5, 5.41) is 2.98. The van der Waals surface area contributed by atoms with Crippen molar-refractivity contribution in [3.63, 3.8) is 0 Å². The molecule has 5 nitrogen and oxygen atoms in total. The third-order valence-electron chi connectivity index (χ3n) is 4.98.